The van der Waals surface area contributed by atoms with Crippen LogP contribution in [0.5, 0.6) is 0 Å². The van der Waals surface area contributed by atoms with E-state index >= 15 is 0 Å². The summed E-state index contributed by atoms with van der Waals surface area (Å²) in [5, 5.41) is 10.4. The van der Waals surface area contributed by atoms with E-state index in [9.17, 15) is 0 Å². The van der Waals surface area contributed by atoms with Gasteiger partial charge in [-0.1, -0.05) is 6.07 Å². The molecule has 6 nitrogen and oxygen atoms in total. The van der Waals surface area contributed by atoms with Crippen molar-refractivity contribution in [3.05, 3.63) is 41.3 Å². The lowest BCUT2D eigenvalue weighted by molar-refractivity contribution is 0.0529. The Bertz CT molecular complexity index is 595. The number of ether oxygens (including phenoxy) is 1. The van der Waals surface area contributed by atoms with E-state index in [2.05, 4.69) is 44.5 Å². The molecular formula is C16H23N5O. The highest BCUT2D eigenvalue weighted by Crippen LogP contribution is 2.15. The summed E-state index contributed by atoms with van der Waals surface area (Å²) in [5.41, 5.74) is 3.50. The lowest BCUT2D eigenvalue weighted by Crippen LogP contribution is -2.41. The van der Waals surface area contributed by atoms with Crippen LogP contribution in [-0.4, -0.2) is 41.0 Å². The summed E-state index contributed by atoms with van der Waals surface area (Å²) in [6, 6.07) is 4.23. The van der Waals surface area contributed by atoms with Gasteiger partial charge in [-0.15, -0.1) is 0 Å². The zero-order valence-electron chi connectivity index (χ0n) is 13.2. The fourth-order valence-corrected chi connectivity index (χ4v) is 2.63. The van der Waals surface area contributed by atoms with Crippen LogP contribution in [0.25, 0.3) is 0 Å². The Morgan fingerprint density at radius 2 is 2.27 bits per heavy atom. The average Bonchev–Trinajstić information content (AvgIpc) is 2.93. The highest BCUT2D eigenvalue weighted by Gasteiger charge is 2.17. The first-order valence-electron chi connectivity index (χ1n) is 7.73. The Hall–Kier alpha value is -1.92. The largest absolute Gasteiger partial charge is 0.375 e. The Morgan fingerprint density at radius 1 is 1.36 bits per heavy atom. The predicted molar refractivity (Wildman–Crippen MR) is 85.7 cm³/mol. The van der Waals surface area contributed by atoms with Crippen molar-refractivity contribution in [1.82, 2.24) is 20.5 Å². The summed E-state index contributed by atoms with van der Waals surface area (Å²) in [4.78, 5) is 6.86. The molecule has 0 aliphatic carbocycles. The number of nitrogens with one attached hydrogen (secondary N) is 2. The Kier molecular flexibility index (Phi) is 4.70. The van der Waals surface area contributed by atoms with Gasteiger partial charge in [0.1, 0.15) is 5.82 Å². The maximum Gasteiger partial charge on any atom is 0.128 e. The number of hydrogen-bond acceptors (Lipinski definition) is 5. The molecule has 0 aromatic carbocycles. The van der Waals surface area contributed by atoms with Crippen molar-refractivity contribution in [2.24, 2.45) is 0 Å². The van der Waals surface area contributed by atoms with E-state index in [-0.39, 0.29) is 6.10 Å². The van der Waals surface area contributed by atoms with E-state index in [1.165, 1.54) is 11.1 Å². The number of nitrogens with zero attached hydrogens (tertiary/aromatic N) is 3. The van der Waals surface area contributed by atoms with E-state index in [0.717, 1.165) is 44.3 Å². The molecule has 118 valence electrons. The summed E-state index contributed by atoms with van der Waals surface area (Å²) in [7, 11) is 0. The number of pyridine rings is 1. The molecule has 2 aromatic heterocycles. The van der Waals surface area contributed by atoms with Crippen LogP contribution < -0.4 is 10.2 Å². The highest BCUT2D eigenvalue weighted by atomic mass is 16.5. The molecule has 0 saturated carbocycles. The molecule has 0 radical (unpaired) electrons. The summed E-state index contributed by atoms with van der Waals surface area (Å²) in [6.07, 6.45) is 4.09. The molecule has 1 aliphatic heterocycles. The standard InChI is InChI=1S/C16H23N5O/c1-12-11-21(5-6-22-12)16-4-3-14(8-18-16)7-17-9-15-10-19-20-13(15)2/h3-4,8,10,12,17H,5-7,9,11H2,1-2H3,(H,19,20). The summed E-state index contributed by atoms with van der Waals surface area (Å²) < 4.78 is 5.56. The molecule has 2 N–H and O–H groups in total. The van der Waals surface area contributed by atoms with Crippen molar-refractivity contribution in [1.29, 1.82) is 0 Å². The zero-order chi connectivity index (χ0) is 15.4. The monoisotopic (exact) mass is 301 g/mol. The van der Waals surface area contributed by atoms with Crippen molar-refractivity contribution >= 4 is 5.82 Å². The van der Waals surface area contributed by atoms with Crippen molar-refractivity contribution in [3.8, 4) is 0 Å². The second kappa shape index (κ2) is 6.89. The van der Waals surface area contributed by atoms with Gasteiger partial charge in [-0.3, -0.25) is 5.10 Å². The van der Waals surface area contributed by atoms with Gasteiger partial charge in [0.05, 0.1) is 18.9 Å². The van der Waals surface area contributed by atoms with Crippen molar-refractivity contribution < 1.29 is 4.74 Å². The third kappa shape index (κ3) is 3.64. The van der Waals surface area contributed by atoms with Crippen LogP contribution in [0.4, 0.5) is 5.82 Å². The van der Waals surface area contributed by atoms with Gasteiger partial charge in [0, 0.05) is 43.6 Å². The summed E-state index contributed by atoms with van der Waals surface area (Å²) >= 11 is 0. The fraction of sp³-hybridized carbons (Fsp3) is 0.500. The van der Waals surface area contributed by atoms with Crippen LogP contribution in [0.2, 0.25) is 0 Å². The molecule has 3 rings (SSSR count). The van der Waals surface area contributed by atoms with Crippen molar-refractivity contribution in [2.45, 2.75) is 33.0 Å². The second-order valence-electron chi connectivity index (χ2n) is 5.78. The molecule has 1 aliphatic rings. The lowest BCUT2D eigenvalue weighted by Gasteiger charge is -2.32. The first-order valence-corrected chi connectivity index (χ1v) is 7.73. The van der Waals surface area contributed by atoms with Crippen molar-refractivity contribution in [2.75, 3.05) is 24.6 Å². The zero-order valence-corrected chi connectivity index (χ0v) is 13.2. The lowest BCUT2D eigenvalue weighted by atomic mass is 10.2. The Labute approximate surface area is 130 Å². The van der Waals surface area contributed by atoms with Crippen LogP contribution in [0.15, 0.2) is 24.5 Å². The van der Waals surface area contributed by atoms with Crippen LogP contribution in [-0.2, 0) is 17.8 Å². The molecule has 0 amide bonds. The van der Waals surface area contributed by atoms with E-state index < -0.39 is 0 Å². The molecule has 1 unspecified atom stereocenters. The van der Waals surface area contributed by atoms with Gasteiger partial charge in [-0.25, -0.2) is 4.98 Å². The topological polar surface area (TPSA) is 66.1 Å². The SMILES string of the molecule is Cc1[nH]ncc1CNCc1ccc(N2CCOC(C)C2)nc1. The molecule has 0 spiro atoms. The summed E-state index contributed by atoms with van der Waals surface area (Å²) in [6.45, 7) is 8.34. The second-order valence-corrected chi connectivity index (χ2v) is 5.78. The van der Waals surface area contributed by atoms with Crippen molar-refractivity contribution in [3.63, 3.8) is 0 Å². The maximum atomic E-state index is 5.56. The smallest absolute Gasteiger partial charge is 0.128 e. The predicted octanol–water partition coefficient (Wildman–Crippen LogP) is 1.63. The number of aromatic amines is 1. The van der Waals surface area contributed by atoms with Gasteiger partial charge in [0.2, 0.25) is 0 Å². The van der Waals surface area contributed by atoms with Gasteiger partial charge in [0.15, 0.2) is 0 Å². The van der Waals surface area contributed by atoms with E-state index in [0.29, 0.717) is 0 Å². The minimum Gasteiger partial charge on any atom is -0.375 e. The number of aromatic nitrogens is 3. The number of aryl methyl sites for hydroxylation is 1. The molecule has 1 saturated heterocycles. The minimum atomic E-state index is 0.273. The molecule has 6 heteroatoms. The number of hydrogen-bond donors (Lipinski definition) is 2. The van der Waals surface area contributed by atoms with E-state index in [4.69, 9.17) is 4.74 Å². The van der Waals surface area contributed by atoms with Gasteiger partial charge in [-0.05, 0) is 25.5 Å². The van der Waals surface area contributed by atoms with Crippen LogP contribution >= 0.6 is 0 Å². The van der Waals surface area contributed by atoms with Gasteiger partial charge in [0.25, 0.3) is 0 Å². The first kappa shape index (κ1) is 15.0. The minimum absolute atomic E-state index is 0.273. The van der Waals surface area contributed by atoms with Crippen LogP contribution in [0.3, 0.4) is 0 Å². The van der Waals surface area contributed by atoms with E-state index in [1.54, 1.807) is 0 Å². The molecule has 2 aromatic rings. The number of H-pyrrole nitrogens is 1. The molecule has 1 fully saturated rings. The Morgan fingerprint density at radius 3 is 2.95 bits per heavy atom. The number of morpholine rings is 1. The van der Waals surface area contributed by atoms with Crippen LogP contribution in [0, 0.1) is 6.92 Å². The Balaban J connectivity index is 1.52. The van der Waals surface area contributed by atoms with Crippen LogP contribution in [0.1, 0.15) is 23.7 Å². The molecule has 1 atom stereocenters. The number of rotatable bonds is 5. The van der Waals surface area contributed by atoms with Gasteiger partial charge < -0.3 is 15.0 Å². The van der Waals surface area contributed by atoms with E-state index in [1.807, 2.05) is 19.3 Å². The third-order valence-corrected chi connectivity index (χ3v) is 3.95. The quantitative estimate of drug-likeness (QED) is 0.878. The molecule has 22 heavy (non-hydrogen) atoms. The van der Waals surface area contributed by atoms with Gasteiger partial charge >= 0.3 is 0 Å². The third-order valence-electron chi connectivity index (χ3n) is 3.95. The fourth-order valence-electron chi connectivity index (χ4n) is 2.63. The average molecular weight is 301 g/mol. The molecule has 3 heterocycles. The highest BCUT2D eigenvalue weighted by molar-refractivity contribution is 5.39. The number of anilines is 1. The molecule has 0 bridgehead atoms. The first-order chi connectivity index (χ1) is 10.7. The van der Waals surface area contributed by atoms with Gasteiger partial charge in [-0.2, -0.15) is 5.10 Å². The summed E-state index contributed by atoms with van der Waals surface area (Å²) in [5.74, 6) is 1.03. The normalized spacial score (nSPS) is 18.6. The maximum absolute atomic E-state index is 5.56. The molecular weight excluding hydrogens is 278 g/mol.